The first kappa shape index (κ1) is 3.94. The molecule has 0 aromatic rings. The normalized spacial score (nSPS) is 27.2. The highest BCUT2D eigenvalue weighted by Gasteiger charge is 1.75. The highest BCUT2D eigenvalue weighted by molar-refractivity contribution is 8.26. The van der Waals surface area contributed by atoms with Crippen LogP contribution in [0.15, 0.2) is 0 Å². The van der Waals surface area contributed by atoms with Crippen LogP contribution in [0.1, 0.15) is 0 Å². The Morgan fingerprint density at radius 3 is 2.80 bits per heavy atom. The fraction of sp³-hybridized carbons (Fsp3) is 0.500. The van der Waals surface area contributed by atoms with Gasteiger partial charge in [0.1, 0.15) is 0 Å². The van der Waals surface area contributed by atoms with Gasteiger partial charge in [-0.25, -0.2) is 0 Å². The Morgan fingerprint density at radius 1 is 1.60 bits per heavy atom. The van der Waals surface area contributed by atoms with E-state index in [9.17, 15) is 0 Å². The zero-order chi connectivity index (χ0) is 3.54. The van der Waals surface area contributed by atoms with Crippen LogP contribution in [0.5, 0.6) is 0 Å². The van der Waals surface area contributed by atoms with E-state index >= 15 is 0 Å². The fourth-order valence-corrected chi connectivity index (χ4v) is 4.93. The lowest BCUT2D eigenvalue weighted by Gasteiger charge is -1.54. The molecule has 0 saturated carbocycles. The van der Waals surface area contributed by atoms with Crippen molar-refractivity contribution in [2.45, 2.75) is 0 Å². The third-order valence-electron chi connectivity index (χ3n) is 0.360. The van der Waals surface area contributed by atoms with E-state index in [0.29, 0.717) is 0 Å². The predicted molar refractivity (Wildman–Crippen MR) is 31.7 cm³/mol. The van der Waals surface area contributed by atoms with Gasteiger partial charge in [-0.15, -0.1) is 0 Å². The monoisotopic (exact) mass is 120 g/mol. The van der Waals surface area contributed by atoms with Crippen LogP contribution >= 0.6 is 23.3 Å². The van der Waals surface area contributed by atoms with Gasteiger partial charge in [0.05, 0.1) is 0 Å². The largest absolute Gasteiger partial charge is 0.0619 e. The van der Waals surface area contributed by atoms with Crippen molar-refractivity contribution in [3.05, 3.63) is 0 Å². The number of hydrogen-bond acceptors (Lipinski definition) is 0. The first-order valence-electron chi connectivity index (χ1n) is 1.38. The average molecular weight is 120 g/mol. The van der Waals surface area contributed by atoms with Crippen molar-refractivity contribution in [1.29, 1.82) is 0 Å². The smallest absolute Gasteiger partial charge is 0.0170 e. The Morgan fingerprint density at radius 2 is 2.60 bits per heavy atom. The molecule has 1 heterocycles. The van der Waals surface area contributed by atoms with Crippen LogP contribution in [-0.4, -0.2) is 12.0 Å². The Hall–Kier alpha value is 0.770. The maximum Gasteiger partial charge on any atom is 0.0170 e. The summed E-state index contributed by atoms with van der Waals surface area (Å²) in [5.41, 5.74) is 0. The van der Waals surface area contributed by atoms with Crippen LogP contribution < -0.4 is 0 Å². The van der Waals surface area contributed by atoms with Crippen molar-refractivity contribution >= 4 is 29.1 Å². The zero-order valence-electron chi connectivity index (χ0n) is 2.63. The van der Waals surface area contributed by atoms with Crippen LogP contribution in [0.4, 0.5) is 0 Å². The molecule has 0 bridgehead atoms. The van der Waals surface area contributed by atoms with Gasteiger partial charge in [-0.3, -0.25) is 0 Å². The molecule has 26 valence electrons. The van der Waals surface area contributed by atoms with Crippen molar-refractivity contribution in [3.8, 4) is 0 Å². The van der Waals surface area contributed by atoms with Crippen LogP contribution in [0.3, 0.4) is 0 Å². The Bertz CT molecular complexity index is 63.0. The molecule has 1 aliphatic heterocycles. The van der Waals surface area contributed by atoms with Gasteiger partial charge < -0.3 is 0 Å². The first-order valence-corrected chi connectivity index (χ1v) is 5.73. The highest BCUT2D eigenvalue weighted by atomic mass is 32.2. The molecule has 0 fully saturated rings. The lowest BCUT2D eigenvalue weighted by Crippen LogP contribution is -1.55. The summed E-state index contributed by atoms with van der Waals surface area (Å²) in [5, 5.41) is 0. The summed E-state index contributed by atoms with van der Waals surface area (Å²) < 4.78 is 0. The van der Waals surface area contributed by atoms with Gasteiger partial charge in [-0.1, -0.05) is 7.87 Å². The minimum absolute atomic E-state index is 1.32. The highest BCUT2D eigenvalue weighted by Crippen LogP contribution is 2.33. The minimum atomic E-state index is 1.32. The minimum Gasteiger partial charge on any atom is -0.0619 e. The Labute approximate surface area is 36.1 Å². The molecule has 0 aromatic heterocycles. The summed E-state index contributed by atoms with van der Waals surface area (Å²) in [4.78, 5) is 0. The van der Waals surface area contributed by atoms with Crippen molar-refractivity contribution in [1.82, 2.24) is 0 Å². The summed E-state index contributed by atoms with van der Waals surface area (Å²) in [5.74, 6) is 2.31. The van der Waals surface area contributed by atoms with Gasteiger partial charge in [-0.05, 0) is 21.2 Å². The molecule has 1 aliphatic rings. The third kappa shape index (κ3) is 1.10. The topological polar surface area (TPSA) is 0 Å². The van der Waals surface area contributed by atoms with Crippen LogP contribution in [0, 0.1) is 0 Å². The van der Waals surface area contributed by atoms with Crippen LogP contribution in [0.2, 0.25) is 0 Å². The van der Waals surface area contributed by atoms with Crippen LogP contribution in [0.25, 0.3) is 0 Å². The van der Waals surface area contributed by atoms with Gasteiger partial charge in [0.25, 0.3) is 0 Å². The summed E-state index contributed by atoms with van der Waals surface area (Å²) in [6, 6.07) is 0. The van der Waals surface area contributed by atoms with E-state index in [1.165, 1.54) is 14.1 Å². The van der Waals surface area contributed by atoms with E-state index in [-0.39, 0.29) is 0 Å². The van der Waals surface area contributed by atoms with Gasteiger partial charge in [0.2, 0.25) is 0 Å². The van der Waals surface area contributed by atoms with Crippen molar-refractivity contribution in [3.63, 3.8) is 0 Å². The molecule has 5 heavy (non-hydrogen) atoms. The van der Waals surface area contributed by atoms with E-state index in [2.05, 4.69) is 5.80 Å². The SMILES string of the molecule is C1=PP=PC1. The summed E-state index contributed by atoms with van der Waals surface area (Å²) in [7, 11) is 4.70. The zero-order valence-corrected chi connectivity index (χ0v) is 5.31. The maximum absolute atomic E-state index is 2.31. The molecule has 0 atom stereocenters. The molecule has 0 spiro atoms. The molecule has 0 N–H and O–H groups in total. The molecule has 0 unspecified atom stereocenters. The number of rotatable bonds is 0. The summed E-state index contributed by atoms with van der Waals surface area (Å²) >= 11 is 0. The second-order valence-corrected chi connectivity index (χ2v) is 5.82. The Kier molecular flexibility index (Phi) is 1.61. The Balaban J connectivity index is 2.61. The van der Waals surface area contributed by atoms with E-state index in [1.807, 2.05) is 0 Å². The van der Waals surface area contributed by atoms with Crippen molar-refractivity contribution < 1.29 is 0 Å². The molecule has 0 aromatic carbocycles. The summed E-state index contributed by atoms with van der Waals surface area (Å²) in [6.07, 6.45) is 1.32. The molecule has 1 rings (SSSR count). The van der Waals surface area contributed by atoms with Gasteiger partial charge in [-0.2, -0.15) is 0 Å². The molecular formula is C2H3P3. The van der Waals surface area contributed by atoms with Gasteiger partial charge in [0.15, 0.2) is 0 Å². The number of hydrogen-bond donors (Lipinski definition) is 0. The lowest BCUT2D eigenvalue weighted by molar-refractivity contribution is 2.17. The van der Waals surface area contributed by atoms with Gasteiger partial charge in [0, 0.05) is 6.16 Å². The van der Waals surface area contributed by atoms with E-state index in [0.717, 1.165) is 0 Å². The summed E-state index contributed by atoms with van der Waals surface area (Å²) in [6.45, 7) is 0. The molecule has 0 amide bonds. The molecule has 0 aliphatic carbocycles. The third-order valence-corrected chi connectivity index (χ3v) is 5.31. The van der Waals surface area contributed by atoms with Gasteiger partial charge >= 0.3 is 0 Å². The van der Waals surface area contributed by atoms with E-state index < -0.39 is 0 Å². The second-order valence-electron chi connectivity index (χ2n) is 0.711. The maximum atomic E-state index is 2.31. The lowest BCUT2D eigenvalue weighted by atomic mass is 11.0. The molecule has 0 radical (unpaired) electrons. The van der Waals surface area contributed by atoms with Crippen LogP contribution in [-0.2, 0) is 0 Å². The molecule has 3 heteroatoms. The van der Waals surface area contributed by atoms with Crippen molar-refractivity contribution in [2.75, 3.05) is 6.16 Å². The predicted octanol–water partition coefficient (Wildman–Crippen LogP) is 2.47. The fourth-order valence-electron chi connectivity index (χ4n) is 0.183. The first-order chi connectivity index (χ1) is 2.50. The average Bonchev–Trinajstić information content (AvgIpc) is 1.76. The van der Waals surface area contributed by atoms with Crippen molar-refractivity contribution in [2.24, 2.45) is 0 Å². The molecule has 0 nitrogen and oxygen atoms in total. The van der Waals surface area contributed by atoms with E-state index in [1.54, 1.807) is 15.4 Å². The van der Waals surface area contributed by atoms with E-state index in [4.69, 9.17) is 0 Å². The molecular weight excluding hydrogens is 117 g/mol. The molecule has 0 saturated heterocycles. The standard InChI is InChI=1S/C2H3P3/c1-2-4-5-3-1/h1H,2H2. The quantitative estimate of drug-likeness (QED) is 0.430. The second kappa shape index (κ2) is 2.04.